The van der Waals surface area contributed by atoms with Crippen LogP contribution in [0.15, 0.2) is 29.1 Å². The highest BCUT2D eigenvalue weighted by molar-refractivity contribution is 5.79. The van der Waals surface area contributed by atoms with Crippen LogP contribution in [0.4, 0.5) is 0 Å². The first kappa shape index (κ1) is 12.9. The van der Waals surface area contributed by atoms with Gasteiger partial charge in [-0.05, 0) is 37.0 Å². The molecule has 0 spiro atoms. The number of rotatable bonds is 5. The topological polar surface area (TPSA) is 32.9 Å². The van der Waals surface area contributed by atoms with E-state index in [2.05, 4.69) is 24.9 Å². The monoisotopic (exact) mass is 243 g/mol. The van der Waals surface area contributed by atoms with Crippen LogP contribution >= 0.6 is 0 Å². The first-order valence-corrected chi connectivity index (χ1v) is 6.89. The van der Waals surface area contributed by atoms with Gasteiger partial charge in [0.2, 0.25) is 0 Å². The van der Waals surface area contributed by atoms with Crippen molar-refractivity contribution in [2.45, 2.75) is 46.0 Å². The van der Waals surface area contributed by atoms with Crippen molar-refractivity contribution >= 4 is 10.9 Å². The second kappa shape index (κ2) is 5.85. The third-order valence-electron chi connectivity index (χ3n) is 3.29. The van der Waals surface area contributed by atoms with Crippen LogP contribution in [-0.4, -0.2) is 4.98 Å². The first-order valence-electron chi connectivity index (χ1n) is 6.89. The van der Waals surface area contributed by atoms with Crippen LogP contribution in [0.3, 0.4) is 0 Å². The van der Waals surface area contributed by atoms with E-state index in [-0.39, 0.29) is 5.43 Å². The standard InChI is InChI=1S/C16H21NO/c1-3-5-7-12-8-9-15-14(10-12)16(18)11-13(17-15)6-4-2/h8-11H,3-7H2,1-2H3,(H,17,18). The van der Waals surface area contributed by atoms with Crippen molar-refractivity contribution < 1.29 is 0 Å². The molecule has 1 heterocycles. The SMILES string of the molecule is CCCCc1ccc2[nH]c(CCC)cc(=O)c2c1. The fourth-order valence-electron chi connectivity index (χ4n) is 2.29. The van der Waals surface area contributed by atoms with E-state index in [9.17, 15) is 4.79 Å². The zero-order valence-electron chi connectivity index (χ0n) is 11.3. The summed E-state index contributed by atoms with van der Waals surface area (Å²) in [6.07, 6.45) is 5.41. The summed E-state index contributed by atoms with van der Waals surface area (Å²) in [7, 11) is 0. The number of pyridine rings is 1. The molecule has 2 aromatic rings. The van der Waals surface area contributed by atoms with E-state index in [1.165, 1.54) is 18.4 Å². The van der Waals surface area contributed by atoms with Crippen molar-refractivity contribution in [1.82, 2.24) is 4.98 Å². The minimum atomic E-state index is 0.144. The van der Waals surface area contributed by atoms with Gasteiger partial charge in [-0.15, -0.1) is 0 Å². The first-order chi connectivity index (χ1) is 8.74. The van der Waals surface area contributed by atoms with Crippen LogP contribution in [0.5, 0.6) is 0 Å². The summed E-state index contributed by atoms with van der Waals surface area (Å²) >= 11 is 0. The van der Waals surface area contributed by atoms with Crippen molar-refractivity contribution in [1.29, 1.82) is 0 Å². The third-order valence-corrected chi connectivity index (χ3v) is 3.29. The van der Waals surface area contributed by atoms with Crippen molar-refractivity contribution in [3.8, 4) is 0 Å². The van der Waals surface area contributed by atoms with E-state index in [4.69, 9.17) is 0 Å². The van der Waals surface area contributed by atoms with Crippen LogP contribution in [0.1, 0.15) is 44.4 Å². The number of aromatic amines is 1. The second-order valence-corrected chi connectivity index (χ2v) is 4.89. The molecule has 18 heavy (non-hydrogen) atoms. The van der Waals surface area contributed by atoms with Crippen LogP contribution in [-0.2, 0) is 12.8 Å². The van der Waals surface area contributed by atoms with Gasteiger partial charge in [-0.25, -0.2) is 0 Å². The van der Waals surface area contributed by atoms with Crippen molar-refractivity contribution in [3.63, 3.8) is 0 Å². The Morgan fingerprint density at radius 3 is 2.61 bits per heavy atom. The summed E-state index contributed by atoms with van der Waals surface area (Å²) < 4.78 is 0. The average Bonchev–Trinajstić information content (AvgIpc) is 2.37. The number of H-pyrrole nitrogens is 1. The number of hydrogen-bond donors (Lipinski definition) is 1. The van der Waals surface area contributed by atoms with Gasteiger partial charge in [0.25, 0.3) is 0 Å². The molecule has 2 heteroatoms. The number of nitrogens with one attached hydrogen (secondary N) is 1. The summed E-state index contributed by atoms with van der Waals surface area (Å²) in [6, 6.07) is 7.96. The molecule has 1 N–H and O–H groups in total. The molecule has 0 saturated heterocycles. The predicted octanol–water partition coefficient (Wildman–Crippen LogP) is 3.82. The number of aromatic nitrogens is 1. The van der Waals surface area contributed by atoms with Gasteiger partial charge in [-0.2, -0.15) is 0 Å². The van der Waals surface area contributed by atoms with E-state index in [1.807, 2.05) is 12.1 Å². The Balaban J connectivity index is 2.41. The van der Waals surface area contributed by atoms with E-state index < -0.39 is 0 Å². The predicted molar refractivity (Wildman–Crippen MR) is 77.2 cm³/mol. The van der Waals surface area contributed by atoms with E-state index >= 15 is 0 Å². The molecule has 0 saturated carbocycles. The highest BCUT2D eigenvalue weighted by Crippen LogP contribution is 2.14. The lowest BCUT2D eigenvalue weighted by Crippen LogP contribution is -2.05. The Labute approximate surface area is 108 Å². The molecule has 0 radical (unpaired) electrons. The molecule has 2 rings (SSSR count). The van der Waals surface area contributed by atoms with Crippen molar-refractivity contribution in [2.75, 3.05) is 0 Å². The summed E-state index contributed by atoms with van der Waals surface area (Å²) in [6.45, 7) is 4.31. The van der Waals surface area contributed by atoms with Gasteiger partial charge in [-0.1, -0.05) is 32.8 Å². The number of aryl methyl sites for hydroxylation is 2. The van der Waals surface area contributed by atoms with Crippen molar-refractivity contribution in [2.24, 2.45) is 0 Å². The molecule has 0 amide bonds. The zero-order valence-corrected chi connectivity index (χ0v) is 11.3. The fraction of sp³-hybridized carbons (Fsp3) is 0.438. The van der Waals surface area contributed by atoms with Crippen LogP contribution in [0, 0.1) is 0 Å². The summed E-state index contributed by atoms with van der Waals surface area (Å²) in [5.74, 6) is 0. The minimum Gasteiger partial charge on any atom is -0.358 e. The molecule has 0 fully saturated rings. The second-order valence-electron chi connectivity index (χ2n) is 4.89. The molecule has 0 aliphatic heterocycles. The van der Waals surface area contributed by atoms with Gasteiger partial charge in [-0.3, -0.25) is 4.79 Å². The molecule has 0 atom stereocenters. The van der Waals surface area contributed by atoms with Crippen LogP contribution in [0.2, 0.25) is 0 Å². The zero-order chi connectivity index (χ0) is 13.0. The highest BCUT2D eigenvalue weighted by Gasteiger charge is 2.03. The Hall–Kier alpha value is -1.57. The molecule has 0 aliphatic carbocycles. The van der Waals surface area contributed by atoms with Gasteiger partial charge in [0.05, 0.1) is 0 Å². The largest absolute Gasteiger partial charge is 0.358 e. The minimum absolute atomic E-state index is 0.144. The van der Waals surface area contributed by atoms with E-state index in [1.54, 1.807) is 6.07 Å². The number of fused-ring (bicyclic) bond motifs is 1. The fourth-order valence-corrected chi connectivity index (χ4v) is 2.29. The molecule has 96 valence electrons. The summed E-state index contributed by atoms with van der Waals surface area (Å²) in [5.41, 5.74) is 3.41. The smallest absolute Gasteiger partial charge is 0.189 e. The quantitative estimate of drug-likeness (QED) is 0.850. The van der Waals surface area contributed by atoms with Gasteiger partial charge in [0.15, 0.2) is 5.43 Å². The normalized spacial score (nSPS) is 11.0. The van der Waals surface area contributed by atoms with E-state index in [0.29, 0.717) is 0 Å². The van der Waals surface area contributed by atoms with Gasteiger partial charge in [0, 0.05) is 22.7 Å². The average molecular weight is 243 g/mol. The van der Waals surface area contributed by atoms with E-state index in [0.717, 1.165) is 35.9 Å². The molecule has 0 aliphatic rings. The molecular weight excluding hydrogens is 222 g/mol. The van der Waals surface area contributed by atoms with Gasteiger partial charge in [0.1, 0.15) is 0 Å². The molecule has 2 nitrogen and oxygen atoms in total. The highest BCUT2D eigenvalue weighted by atomic mass is 16.1. The lowest BCUT2D eigenvalue weighted by atomic mass is 10.0. The molecule has 0 bridgehead atoms. The number of unbranched alkanes of at least 4 members (excludes halogenated alkanes) is 1. The number of hydrogen-bond acceptors (Lipinski definition) is 1. The molecule has 1 aromatic carbocycles. The van der Waals surface area contributed by atoms with Crippen molar-refractivity contribution in [3.05, 3.63) is 45.7 Å². The maximum Gasteiger partial charge on any atom is 0.189 e. The maximum absolute atomic E-state index is 12.1. The Bertz CT molecular complexity index is 583. The molecule has 0 unspecified atom stereocenters. The lowest BCUT2D eigenvalue weighted by molar-refractivity contribution is 0.795. The van der Waals surface area contributed by atoms with Gasteiger partial charge >= 0.3 is 0 Å². The molecule has 1 aromatic heterocycles. The lowest BCUT2D eigenvalue weighted by Gasteiger charge is -2.05. The summed E-state index contributed by atoms with van der Waals surface area (Å²) in [4.78, 5) is 15.4. The van der Waals surface area contributed by atoms with Crippen LogP contribution in [0.25, 0.3) is 10.9 Å². The Kier molecular flexibility index (Phi) is 4.19. The third kappa shape index (κ3) is 2.81. The maximum atomic E-state index is 12.1. The Morgan fingerprint density at radius 2 is 1.89 bits per heavy atom. The number of benzene rings is 1. The Morgan fingerprint density at radius 1 is 1.06 bits per heavy atom. The molecular formula is C16H21NO. The van der Waals surface area contributed by atoms with Crippen LogP contribution < -0.4 is 5.43 Å². The summed E-state index contributed by atoms with van der Waals surface area (Å²) in [5, 5.41) is 0.823. The van der Waals surface area contributed by atoms with Gasteiger partial charge < -0.3 is 4.98 Å².